The van der Waals surface area contributed by atoms with E-state index in [-0.39, 0.29) is 18.9 Å². The zero-order chi connectivity index (χ0) is 29.3. The van der Waals surface area contributed by atoms with Gasteiger partial charge >= 0.3 is 0 Å². The first-order valence-corrected chi connectivity index (χ1v) is 15.7. The number of carbonyl (C=O) groups is 2. The number of carbonyl (C=O) groups excluding carboxylic acids is 2. The molecule has 0 spiro atoms. The highest BCUT2D eigenvalue weighted by molar-refractivity contribution is 7.92. The molecule has 40 heavy (non-hydrogen) atoms. The molecule has 0 heterocycles. The van der Waals surface area contributed by atoms with E-state index in [4.69, 9.17) is 23.2 Å². The van der Waals surface area contributed by atoms with E-state index in [1.807, 2.05) is 37.3 Å². The minimum absolute atomic E-state index is 0.0842. The fraction of sp³-hybridized carbons (Fsp3) is 0.333. The van der Waals surface area contributed by atoms with Crippen LogP contribution in [-0.4, -0.2) is 50.5 Å². The minimum Gasteiger partial charge on any atom is -0.354 e. The van der Waals surface area contributed by atoms with Gasteiger partial charge in [-0.1, -0.05) is 85.1 Å². The summed E-state index contributed by atoms with van der Waals surface area (Å²) in [6.45, 7) is 3.84. The molecular weight excluding hydrogens is 569 g/mol. The van der Waals surface area contributed by atoms with E-state index >= 15 is 0 Å². The molecule has 214 valence electrons. The molecule has 7 nitrogen and oxygen atoms in total. The van der Waals surface area contributed by atoms with Crippen molar-refractivity contribution in [3.63, 3.8) is 0 Å². The first-order valence-electron chi connectivity index (χ1n) is 13.1. The van der Waals surface area contributed by atoms with Crippen LogP contribution in [0.5, 0.6) is 0 Å². The number of nitrogens with one attached hydrogen (secondary N) is 1. The van der Waals surface area contributed by atoms with Crippen LogP contribution in [0.1, 0.15) is 36.5 Å². The molecule has 3 rings (SSSR count). The monoisotopic (exact) mass is 603 g/mol. The third-order valence-electron chi connectivity index (χ3n) is 6.49. The molecule has 0 saturated heterocycles. The number of sulfonamides is 1. The summed E-state index contributed by atoms with van der Waals surface area (Å²) in [7, 11) is -3.88. The Morgan fingerprint density at radius 2 is 1.57 bits per heavy atom. The molecule has 0 aliphatic carbocycles. The molecule has 0 bridgehead atoms. The smallest absolute Gasteiger partial charge is 0.244 e. The molecule has 0 aromatic heterocycles. The summed E-state index contributed by atoms with van der Waals surface area (Å²) in [5, 5.41) is 3.85. The van der Waals surface area contributed by atoms with Crippen LogP contribution in [0.15, 0.2) is 72.8 Å². The minimum atomic E-state index is -3.88. The van der Waals surface area contributed by atoms with Crippen LogP contribution in [0.2, 0.25) is 10.0 Å². The molecule has 10 heteroatoms. The van der Waals surface area contributed by atoms with Crippen LogP contribution in [-0.2, 0) is 32.6 Å². The lowest BCUT2D eigenvalue weighted by molar-refractivity contribution is -0.140. The number of anilines is 1. The number of amides is 2. The fourth-order valence-corrected chi connectivity index (χ4v) is 5.48. The largest absolute Gasteiger partial charge is 0.354 e. The van der Waals surface area contributed by atoms with Crippen molar-refractivity contribution in [2.24, 2.45) is 0 Å². The number of hydrogen-bond acceptors (Lipinski definition) is 4. The van der Waals surface area contributed by atoms with Gasteiger partial charge in [0, 0.05) is 29.6 Å². The Labute approximate surface area is 247 Å². The van der Waals surface area contributed by atoms with E-state index < -0.39 is 28.5 Å². The molecule has 0 unspecified atom stereocenters. The molecule has 0 fully saturated rings. The highest BCUT2D eigenvalue weighted by Gasteiger charge is 2.33. The predicted molar refractivity (Wildman–Crippen MR) is 162 cm³/mol. The molecule has 3 aromatic carbocycles. The van der Waals surface area contributed by atoms with Crippen LogP contribution in [0.3, 0.4) is 0 Å². The average molecular weight is 605 g/mol. The Morgan fingerprint density at radius 3 is 2.20 bits per heavy atom. The summed E-state index contributed by atoms with van der Waals surface area (Å²) in [5.41, 5.74) is 2.58. The number of benzene rings is 3. The zero-order valence-corrected chi connectivity index (χ0v) is 25.3. The van der Waals surface area contributed by atoms with Crippen molar-refractivity contribution in [2.75, 3.05) is 23.7 Å². The second kappa shape index (κ2) is 14.5. The number of nitrogens with zero attached hydrogens (tertiary/aromatic N) is 2. The maximum absolute atomic E-state index is 14.1. The summed E-state index contributed by atoms with van der Waals surface area (Å²) in [5.74, 6) is -0.823. The highest BCUT2D eigenvalue weighted by Crippen LogP contribution is 2.27. The summed E-state index contributed by atoms with van der Waals surface area (Å²) in [6, 6.07) is 20.4. The van der Waals surface area contributed by atoms with Crippen LogP contribution in [0.25, 0.3) is 0 Å². The molecule has 2 amide bonds. The lowest BCUT2D eigenvalue weighted by Gasteiger charge is -2.34. The van der Waals surface area contributed by atoms with E-state index in [1.54, 1.807) is 43.3 Å². The van der Waals surface area contributed by atoms with Crippen molar-refractivity contribution in [3.05, 3.63) is 99.5 Å². The molecular formula is C30H35Cl2N3O4S. The van der Waals surface area contributed by atoms with Gasteiger partial charge in [0.1, 0.15) is 12.6 Å². The summed E-state index contributed by atoms with van der Waals surface area (Å²) in [4.78, 5) is 29.1. The molecule has 1 atom stereocenters. The lowest BCUT2D eigenvalue weighted by Crippen LogP contribution is -2.53. The van der Waals surface area contributed by atoms with E-state index in [0.717, 1.165) is 34.5 Å². The molecule has 0 radical (unpaired) electrons. The van der Waals surface area contributed by atoms with Crippen molar-refractivity contribution in [1.29, 1.82) is 0 Å². The molecule has 0 saturated carbocycles. The van der Waals surface area contributed by atoms with Gasteiger partial charge in [-0.05, 0) is 54.3 Å². The standard InChI is InChI=1S/C30H35Cl2N3O4S/c1-4-5-17-33-30(37)28(18-23-9-7-6-8-10-23)34(20-24-12-15-25(31)16-13-24)29(36)21-35(40(3,38)39)27-19-26(32)14-11-22(27)2/h6-16,19,28H,4-5,17-18,20-21H2,1-3H3,(H,33,37)/t28-/m0/s1. The third kappa shape index (κ3) is 8.98. The summed E-state index contributed by atoms with van der Waals surface area (Å²) >= 11 is 12.3. The Hall–Kier alpha value is -3.07. The second-order valence-corrected chi connectivity index (χ2v) is 12.5. The van der Waals surface area contributed by atoms with Gasteiger partial charge in [-0.25, -0.2) is 8.42 Å². The van der Waals surface area contributed by atoms with Crippen molar-refractivity contribution >= 4 is 50.7 Å². The Morgan fingerprint density at radius 1 is 0.925 bits per heavy atom. The van der Waals surface area contributed by atoms with E-state index in [1.165, 1.54) is 11.0 Å². The zero-order valence-electron chi connectivity index (χ0n) is 22.9. The van der Waals surface area contributed by atoms with E-state index in [2.05, 4.69) is 5.32 Å². The summed E-state index contributed by atoms with van der Waals surface area (Å²) < 4.78 is 26.9. The first kappa shape index (κ1) is 31.5. The van der Waals surface area contributed by atoms with Crippen LogP contribution in [0, 0.1) is 6.92 Å². The number of unbranched alkanes of at least 4 members (excludes halogenated alkanes) is 1. The predicted octanol–water partition coefficient (Wildman–Crippen LogP) is 5.62. The molecule has 0 aliphatic rings. The average Bonchev–Trinajstić information content (AvgIpc) is 2.91. The van der Waals surface area contributed by atoms with Crippen LogP contribution >= 0.6 is 23.2 Å². The van der Waals surface area contributed by atoms with Crippen molar-refractivity contribution in [2.45, 2.75) is 45.7 Å². The number of halogens is 2. The van der Waals surface area contributed by atoms with Gasteiger partial charge in [0.15, 0.2) is 0 Å². The van der Waals surface area contributed by atoms with Crippen LogP contribution in [0.4, 0.5) is 5.69 Å². The van der Waals surface area contributed by atoms with Crippen molar-refractivity contribution < 1.29 is 18.0 Å². The maximum Gasteiger partial charge on any atom is 0.244 e. The van der Waals surface area contributed by atoms with Crippen molar-refractivity contribution in [3.8, 4) is 0 Å². The van der Waals surface area contributed by atoms with Gasteiger partial charge < -0.3 is 10.2 Å². The Bertz CT molecular complexity index is 1400. The molecule has 0 aliphatic heterocycles. The van der Waals surface area contributed by atoms with E-state index in [9.17, 15) is 18.0 Å². The van der Waals surface area contributed by atoms with Gasteiger partial charge in [0.25, 0.3) is 0 Å². The molecule has 3 aromatic rings. The summed E-state index contributed by atoms with van der Waals surface area (Å²) in [6.07, 6.45) is 3.00. The normalized spacial score (nSPS) is 12.0. The first-order chi connectivity index (χ1) is 19.0. The Balaban J connectivity index is 2.05. The van der Waals surface area contributed by atoms with Gasteiger partial charge in [-0.2, -0.15) is 0 Å². The number of aryl methyl sites for hydroxylation is 1. The number of rotatable bonds is 13. The highest BCUT2D eigenvalue weighted by atomic mass is 35.5. The van der Waals surface area contributed by atoms with Crippen molar-refractivity contribution in [1.82, 2.24) is 10.2 Å². The van der Waals surface area contributed by atoms with Gasteiger partial charge in [-0.3, -0.25) is 13.9 Å². The quantitative estimate of drug-likeness (QED) is 0.257. The lowest BCUT2D eigenvalue weighted by atomic mass is 10.0. The van der Waals surface area contributed by atoms with E-state index in [0.29, 0.717) is 27.8 Å². The van der Waals surface area contributed by atoms with Gasteiger partial charge in [0.2, 0.25) is 21.8 Å². The third-order valence-corrected chi connectivity index (χ3v) is 8.10. The molecule has 1 N–H and O–H groups in total. The second-order valence-electron chi connectivity index (χ2n) is 9.70. The topological polar surface area (TPSA) is 86.8 Å². The SMILES string of the molecule is CCCCNC(=O)[C@H](Cc1ccccc1)N(Cc1ccc(Cl)cc1)C(=O)CN(c1cc(Cl)ccc1C)S(C)(=O)=O. The number of hydrogen-bond donors (Lipinski definition) is 1. The van der Waals surface area contributed by atoms with Crippen LogP contribution < -0.4 is 9.62 Å². The maximum atomic E-state index is 14.1. The Kier molecular flexibility index (Phi) is 11.4. The van der Waals surface area contributed by atoms with Gasteiger partial charge in [-0.15, -0.1) is 0 Å². The van der Waals surface area contributed by atoms with Gasteiger partial charge in [0.05, 0.1) is 11.9 Å². The fourth-order valence-electron chi connectivity index (χ4n) is 4.29.